The highest BCUT2D eigenvalue weighted by Gasteiger charge is 2.13. The van der Waals surface area contributed by atoms with Crippen molar-refractivity contribution in [2.75, 3.05) is 19.7 Å². The van der Waals surface area contributed by atoms with E-state index in [4.69, 9.17) is 4.74 Å². The highest BCUT2D eigenvalue weighted by atomic mass is 16.6. The second-order valence-corrected chi connectivity index (χ2v) is 4.39. The van der Waals surface area contributed by atoms with E-state index in [1.165, 1.54) is 10.9 Å². The lowest BCUT2D eigenvalue weighted by molar-refractivity contribution is 0.109. The summed E-state index contributed by atoms with van der Waals surface area (Å²) in [6.07, 6.45) is 2.62. The Kier molecular flexibility index (Phi) is 4.44. The van der Waals surface area contributed by atoms with E-state index >= 15 is 0 Å². The molecule has 19 heavy (non-hydrogen) atoms. The Hall–Kier alpha value is -1.97. The average Bonchev–Trinajstić information content (AvgIpc) is 2.83. The number of carbonyl (C=O) groups excluding carboxylic acids is 1. The second-order valence-electron chi connectivity index (χ2n) is 4.39. The maximum absolute atomic E-state index is 11.7. The number of benzene rings is 1. The van der Waals surface area contributed by atoms with E-state index < -0.39 is 0 Å². The topological polar surface area (TPSA) is 45.3 Å². The molecule has 4 heteroatoms. The minimum atomic E-state index is -0.232. The van der Waals surface area contributed by atoms with Crippen LogP contribution in [0.3, 0.4) is 0 Å². The SMILES string of the molecule is CCOC(=O)N(CC)CCc1c[nH]c2ccccc12. The van der Waals surface area contributed by atoms with Gasteiger partial charge in [0.15, 0.2) is 0 Å². The fourth-order valence-electron chi connectivity index (χ4n) is 2.19. The molecule has 1 amide bonds. The van der Waals surface area contributed by atoms with Crippen molar-refractivity contribution >= 4 is 17.0 Å². The molecular formula is C15H20N2O2. The molecule has 2 rings (SSSR count). The number of hydrogen-bond acceptors (Lipinski definition) is 2. The highest BCUT2D eigenvalue weighted by molar-refractivity contribution is 5.83. The van der Waals surface area contributed by atoms with Crippen molar-refractivity contribution in [3.63, 3.8) is 0 Å². The van der Waals surface area contributed by atoms with Gasteiger partial charge < -0.3 is 14.6 Å². The summed E-state index contributed by atoms with van der Waals surface area (Å²) in [6, 6.07) is 8.20. The van der Waals surface area contributed by atoms with Crippen molar-refractivity contribution in [3.8, 4) is 0 Å². The molecule has 1 N–H and O–H groups in total. The first-order valence-corrected chi connectivity index (χ1v) is 6.73. The Balaban J connectivity index is 2.03. The van der Waals surface area contributed by atoms with Gasteiger partial charge in [0.05, 0.1) is 6.61 Å². The molecule has 4 nitrogen and oxygen atoms in total. The lowest BCUT2D eigenvalue weighted by Crippen LogP contribution is -2.33. The van der Waals surface area contributed by atoms with Crippen LogP contribution in [-0.2, 0) is 11.2 Å². The zero-order valence-corrected chi connectivity index (χ0v) is 11.5. The van der Waals surface area contributed by atoms with E-state index in [1.54, 1.807) is 4.90 Å². The number of carbonyl (C=O) groups is 1. The molecule has 0 spiro atoms. The maximum atomic E-state index is 11.7. The number of likely N-dealkylation sites (N-methyl/N-ethyl adjacent to an activating group) is 1. The van der Waals surface area contributed by atoms with Gasteiger partial charge in [-0.25, -0.2) is 4.79 Å². The summed E-state index contributed by atoms with van der Waals surface area (Å²) in [7, 11) is 0. The lowest BCUT2D eigenvalue weighted by Gasteiger charge is -2.19. The summed E-state index contributed by atoms with van der Waals surface area (Å²) >= 11 is 0. The first-order chi connectivity index (χ1) is 9.26. The monoisotopic (exact) mass is 260 g/mol. The van der Waals surface area contributed by atoms with Gasteiger partial charge in [-0.2, -0.15) is 0 Å². The molecule has 0 aliphatic carbocycles. The number of aromatic nitrogens is 1. The van der Waals surface area contributed by atoms with E-state index in [9.17, 15) is 4.79 Å². The van der Waals surface area contributed by atoms with E-state index in [1.807, 2.05) is 32.2 Å². The Morgan fingerprint density at radius 3 is 2.84 bits per heavy atom. The summed E-state index contributed by atoms with van der Waals surface area (Å²) in [5, 5.41) is 1.22. The fraction of sp³-hybridized carbons (Fsp3) is 0.400. The molecule has 0 fully saturated rings. The summed E-state index contributed by atoms with van der Waals surface area (Å²) in [5.74, 6) is 0. The van der Waals surface area contributed by atoms with Crippen LogP contribution in [0.2, 0.25) is 0 Å². The number of amides is 1. The van der Waals surface area contributed by atoms with Crippen molar-refractivity contribution in [2.24, 2.45) is 0 Å². The molecule has 102 valence electrons. The van der Waals surface area contributed by atoms with Crippen LogP contribution in [0.4, 0.5) is 4.79 Å². The lowest BCUT2D eigenvalue weighted by atomic mass is 10.1. The van der Waals surface area contributed by atoms with Gasteiger partial charge in [0, 0.05) is 30.2 Å². The van der Waals surface area contributed by atoms with Crippen molar-refractivity contribution in [2.45, 2.75) is 20.3 Å². The number of ether oxygens (including phenoxy) is 1. The molecule has 1 aromatic carbocycles. The molecule has 0 aliphatic heterocycles. The molecule has 1 heterocycles. The molecule has 0 aliphatic rings. The average molecular weight is 260 g/mol. The van der Waals surface area contributed by atoms with Crippen LogP contribution in [0.5, 0.6) is 0 Å². The third-order valence-electron chi connectivity index (χ3n) is 3.23. The quantitative estimate of drug-likeness (QED) is 0.897. The third kappa shape index (κ3) is 3.08. The van der Waals surface area contributed by atoms with Gasteiger partial charge in [0.1, 0.15) is 0 Å². The molecule has 0 atom stereocenters. The first kappa shape index (κ1) is 13.5. The minimum absolute atomic E-state index is 0.232. The number of H-pyrrole nitrogens is 1. The van der Waals surface area contributed by atoms with Crippen LogP contribution < -0.4 is 0 Å². The van der Waals surface area contributed by atoms with Crippen LogP contribution in [0.25, 0.3) is 10.9 Å². The molecule has 0 saturated carbocycles. The van der Waals surface area contributed by atoms with E-state index in [0.717, 1.165) is 11.9 Å². The maximum Gasteiger partial charge on any atom is 0.409 e. The van der Waals surface area contributed by atoms with Gasteiger partial charge in [-0.1, -0.05) is 18.2 Å². The number of aromatic amines is 1. The Bertz CT molecular complexity index is 548. The summed E-state index contributed by atoms with van der Waals surface area (Å²) in [4.78, 5) is 16.7. The molecular weight excluding hydrogens is 240 g/mol. The standard InChI is InChI=1S/C15H20N2O2/c1-3-17(15(18)19-4-2)10-9-12-11-16-14-8-6-5-7-13(12)14/h5-8,11,16H,3-4,9-10H2,1-2H3. The highest BCUT2D eigenvalue weighted by Crippen LogP contribution is 2.18. The zero-order valence-electron chi connectivity index (χ0n) is 11.5. The summed E-state index contributed by atoms with van der Waals surface area (Å²) in [5.41, 5.74) is 2.37. The van der Waals surface area contributed by atoms with Gasteiger partial charge in [-0.3, -0.25) is 0 Å². The van der Waals surface area contributed by atoms with E-state index in [2.05, 4.69) is 17.1 Å². The first-order valence-electron chi connectivity index (χ1n) is 6.73. The largest absolute Gasteiger partial charge is 0.450 e. The van der Waals surface area contributed by atoms with Crippen molar-refractivity contribution in [1.82, 2.24) is 9.88 Å². The van der Waals surface area contributed by atoms with Crippen molar-refractivity contribution < 1.29 is 9.53 Å². The van der Waals surface area contributed by atoms with Crippen LogP contribution in [0, 0.1) is 0 Å². The molecule has 1 aromatic heterocycles. The number of para-hydroxylation sites is 1. The smallest absolute Gasteiger partial charge is 0.409 e. The van der Waals surface area contributed by atoms with Crippen molar-refractivity contribution in [1.29, 1.82) is 0 Å². The molecule has 0 radical (unpaired) electrons. The molecule has 0 bridgehead atoms. The zero-order chi connectivity index (χ0) is 13.7. The number of nitrogens with one attached hydrogen (secondary N) is 1. The third-order valence-corrected chi connectivity index (χ3v) is 3.23. The predicted molar refractivity (Wildman–Crippen MR) is 76.3 cm³/mol. The van der Waals surface area contributed by atoms with Crippen LogP contribution in [-0.4, -0.2) is 35.7 Å². The Morgan fingerprint density at radius 1 is 1.32 bits per heavy atom. The van der Waals surface area contributed by atoms with E-state index in [-0.39, 0.29) is 6.09 Å². The van der Waals surface area contributed by atoms with Crippen LogP contribution in [0.15, 0.2) is 30.5 Å². The van der Waals surface area contributed by atoms with Gasteiger partial charge in [0.2, 0.25) is 0 Å². The number of rotatable bonds is 5. The molecule has 0 unspecified atom stereocenters. The van der Waals surface area contributed by atoms with E-state index in [0.29, 0.717) is 19.7 Å². The summed E-state index contributed by atoms with van der Waals surface area (Å²) in [6.45, 7) is 5.55. The number of fused-ring (bicyclic) bond motifs is 1. The second kappa shape index (κ2) is 6.27. The van der Waals surface area contributed by atoms with Crippen LogP contribution in [0.1, 0.15) is 19.4 Å². The fourth-order valence-corrected chi connectivity index (χ4v) is 2.19. The minimum Gasteiger partial charge on any atom is -0.450 e. The summed E-state index contributed by atoms with van der Waals surface area (Å²) < 4.78 is 5.03. The molecule has 0 saturated heterocycles. The number of nitrogens with zero attached hydrogens (tertiary/aromatic N) is 1. The predicted octanol–water partition coefficient (Wildman–Crippen LogP) is 3.19. The Labute approximate surface area is 113 Å². The van der Waals surface area contributed by atoms with Gasteiger partial charge in [-0.05, 0) is 31.9 Å². The number of hydrogen-bond donors (Lipinski definition) is 1. The van der Waals surface area contributed by atoms with Gasteiger partial charge in [0.25, 0.3) is 0 Å². The van der Waals surface area contributed by atoms with Gasteiger partial charge in [-0.15, -0.1) is 0 Å². The molecule has 2 aromatic rings. The van der Waals surface area contributed by atoms with Gasteiger partial charge >= 0.3 is 6.09 Å². The normalized spacial score (nSPS) is 10.6. The van der Waals surface area contributed by atoms with Crippen molar-refractivity contribution in [3.05, 3.63) is 36.0 Å². The Morgan fingerprint density at radius 2 is 2.11 bits per heavy atom. The van der Waals surface area contributed by atoms with Crippen LogP contribution >= 0.6 is 0 Å².